The summed E-state index contributed by atoms with van der Waals surface area (Å²) >= 11 is 3.36. The molecule has 1 aliphatic rings. The van der Waals surface area contributed by atoms with Gasteiger partial charge in [-0.1, -0.05) is 36.4 Å². The number of nitrogens with one attached hydrogen (secondary N) is 1. The average molecular weight is 387 g/mol. The van der Waals surface area contributed by atoms with Gasteiger partial charge in [0.15, 0.2) is 0 Å². The second-order valence-electron chi connectivity index (χ2n) is 5.95. The Morgan fingerprint density at radius 3 is 2.50 bits per heavy atom. The van der Waals surface area contributed by atoms with E-state index in [4.69, 9.17) is 0 Å². The van der Waals surface area contributed by atoms with E-state index < -0.39 is 6.04 Å². The SMILES string of the molecule is C[C@H](NC(=O)c1ccccc1Br)C(=O)N1CCc2ccccc2C1. The molecule has 0 saturated heterocycles. The Kier molecular flexibility index (Phi) is 5.00. The van der Waals surface area contributed by atoms with Crippen LogP contribution in [-0.4, -0.2) is 29.3 Å². The molecular formula is C19H19BrN2O2. The minimum Gasteiger partial charge on any atom is -0.340 e. The fourth-order valence-electron chi connectivity index (χ4n) is 2.94. The number of nitrogens with zero attached hydrogens (tertiary/aromatic N) is 1. The molecule has 1 heterocycles. The van der Waals surface area contributed by atoms with Gasteiger partial charge < -0.3 is 10.2 Å². The normalized spacial score (nSPS) is 14.7. The van der Waals surface area contributed by atoms with Gasteiger partial charge in [-0.2, -0.15) is 0 Å². The van der Waals surface area contributed by atoms with Crippen LogP contribution in [0.4, 0.5) is 0 Å². The van der Waals surface area contributed by atoms with Crippen LogP contribution in [0.1, 0.15) is 28.4 Å². The molecular weight excluding hydrogens is 368 g/mol. The van der Waals surface area contributed by atoms with Gasteiger partial charge in [-0.05, 0) is 52.5 Å². The molecule has 2 aromatic carbocycles. The summed E-state index contributed by atoms with van der Waals surface area (Å²) in [4.78, 5) is 26.8. The Morgan fingerprint density at radius 2 is 1.75 bits per heavy atom. The number of hydrogen-bond donors (Lipinski definition) is 1. The highest BCUT2D eigenvalue weighted by molar-refractivity contribution is 9.10. The second-order valence-corrected chi connectivity index (χ2v) is 6.81. The van der Waals surface area contributed by atoms with Crippen molar-refractivity contribution in [1.82, 2.24) is 10.2 Å². The molecule has 1 atom stereocenters. The van der Waals surface area contributed by atoms with Crippen molar-refractivity contribution in [1.29, 1.82) is 0 Å². The number of carbonyl (C=O) groups is 2. The maximum atomic E-state index is 12.7. The predicted molar refractivity (Wildman–Crippen MR) is 96.6 cm³/mol. The Bertz CT molecular complexity index is 775. The highest BCUT2D eigenvalue weighted by Gasteiger charge is 2.26. The zero-order valence-corrected chi connectivity index (χ0v) is 15.0. The van der Waals surface area contributed by atoms with Crippen LogP contribution in [0.25, 0.3) is 0 Å². The lowest BCUT2D eigenvalue weighted by atomic mass is 9.99. The molecule has 2 aromatic rings. The van der Waals surface area contributed by atoms with E-state index in [1.807, 2.05) is 29.2 Å². The molecule has 0 bridgehead atoms. The van der Waals surface area contributed by atoms with E-state index in [9.17, 15) is 9.59 Å². The predicted octanol–water partition coefficient (Wildman–Crippen LogP) is 3.15. The van der Waals surface area contributed by atoms with Crippen LogP contribution in [0.2, 0.25) is 0 Å². The maximum absolute atomic E-state index is 12.7. The van der Waals surface area contributed by atoms with Gasteiger partial charge in [-0.3, -0.25) is 9.59 Å². The van der Waals surface area contributed by atoms with Crippen molar-refractivity contribution >= 4 is 27.7 Å². The molecule has 2 amide bonds. The Balaban J connectivity index is 1.65. The van der Waals surface area contributed by atoms with E-state index in [1.165, 1.54) is 11.1 Å². The summed E-state index contributed by atoms with van der Waals surface area (Å²) in [6.07, 6.45) is 0.854. The number of fused-ring (bicyclic) bond motifs is 1. The molecule has 1 aliphatic heterocycles. The van der Waals surface area contributed by atoms with Crippen LogP contribution in [0.15, 0.2) is 53.0 Å². The van der Waals surface area contributed by atoms with Gasteiger partial charge in [-0.15, -0.1) is 0 Å². The van der Waals surface area contributed by atoms with E-state index in [0.29, 0.717) is 23.1 Å². The fraction of sp³-hybridized carbons (Fsp3) is 0.263. The lowest BCUT2D eigenvalue weighted by Crippen LogP contribution is -2.48. The third kappa shape index (κ3) is 3.51. The molecule has 124 valence electrons. The molecule has 0 fully saturated rings. The lowest BCUT2D eigenvalue weighted by molar-refractivity contribution is -0.133. The van der Waals surface area contributed by atoms with Crippen LogP contribution in [0, 0.1) is 0 Å². The average Bonchev–Trinajstić information content (AvgIpc) is 2.60. The van der Waals surface area contributed by atoms with E-state index in [2.05, 4.69) is 33.4 Å². The maximum Gasteiger partial charge on any atom is 0.253 e. The van der Waals surface area contributed by atoms with Crippen LogP contribution in [0.5, 0.6) is 0 Å². The molecule has 4 nitrogen and oxygen atoms in total. The van der Waals surface area contributed by atoms with Gasteiger partial charge in [0.2, 0.25) is 5.91 Å². The van der Waals surface area contributed by atoms with Crippen LogP contribution >= 0.6 is 15.9 Å². The molecule has 0 radical (unpaired) electrons. The Labute approximate surface area is 150 Å². The van der Waals surface area contributed by atoms with E-state index >= 15 is 0 Å². The summed E-state index contributed by atoms with van der Waals surface area (Å²) in [5, 5.41) is 2.80. The van der Waals surface area contributed by atoms with Gasteiger partial charge in [0, 0.05) is 17.6 Å². The van der Waals surface area contributed by atoms with Crippen molar-refractivity contribution < 1.29 is 9.59 Å². The van der Waals surface area contributed by atoms with Gasteiger partial charge >= 0.3 is 0 Å². The van der Waals surface area contributed by atoms with Gasteiger partial charge in [0.05, 0.1) is 5.56 Å². The quantitative estimate of drug-likeness (QED) is 0.880. The highest BCUT2D eigenvalue weighted by Crippen LogP contribution is 2.19. The van der Waals surface area contributed by atoms with Gasteiger partial charge in [-0.25, -0.2) is 0 Å². The lowest BCUT2D eigenvalue weighted by Gasteiger charge is -2.31. The molecule has 24 heavy (non-hydrogen) atoms. The first-order chi connectivity index (χ1) is 11.6. The summed E-state index contributed by atoms with van der Waals surface area (Å²) in [6, 6.07) is 14.8. The number of hydrogen-bond acceptors (Lipinski definition) is 2. The zero-order chi connectivity index (χ0) is 17.1. The third-order valence-corrected chi connectivity index (χ3v) is 4.97. The standard InChI is InChI=1S/C19H19BrN2O2/c1-13(21-18(23)16-8-4-5-9-17(16)20)19(24)22-11-10-14-6-2-3-7-15(14)12-22/h2-9,13H,10-12H2,1H3,(H,21,23)/t13-/m0/s1. The molecule has 0 aliphatic carbocycles. The minimum atomic E-state index is -0.560. The number of carbonyl (C=O) groups excluding carboxylic acids is 2. The topological polar surface area (TPSA) is 49.4 Å². The molecule has 1 N–H and O–H groups in total. The summed E-state index contributed by atoms with van der Waals surface area (Å²) in [5.41, 5.74) is 3.01. The van der Waals surface area contributed by atoms with E-state index in [0.717, 1.165) is 6.42 Å². The van der Waals surface area contributed by atoms with Crippen LogP contribution in [0.3, 0.4) is 0 Å². The molecule has 3 rings (SSSR count). The Morgan fingerprint density at radius 1 is 1.08 bits per heavy atom. The second kappa shape index (κ2) is 7.18. The monoisotopic (exact) mass is 386 g/mol. The first-order valence-corrected chi connectivity index (χ1v) is 8.76. The summed E-state index contributed by atoms with van der Waals surface area (Å²) < 4.78 is 0.717. The number of halogens is 1. The highest BCUT2D eigenvalue weighted by atomic mass is 79.9. The largest absolute Gasteiger partial charge is 0.340 e. The van der Waals surface area contributed by atoms with Crippen LogP contribution in [-0.2, 0) is 17.8 Å². The molecule has 0 unspecified atom stereocenters. The zero-order valence-electron chi connectivity index (χ0n) is 13.5. The van der Waals surface area contributed by atoms with Gasteiger partial charge in [0.25, 0.3) is 5.91 Å². The van der Waals surface area contributed by atoms with Crippen molar-refractivity contribution in [3.63, 3.8) is 0 Å². The molecule has 5 heteroatoms. The van der Waals surface area contributed by atoms with Crippen molar-refractivity contribution in [2.24, 2.45) is 0 Å². The Hall–Kier alpha value is -2.14. The fourth-order valence-corrected chi connectivity index (χ4v) is 3.40. The summed E-state index contributed by atoms with van der Waals surface area (Å²) in [6.45, 7) is 3.02. The minimum absolute atomic E-state index is 0.0510. The number of rotatable bonds is 3. The summed E-state index contributed by atoms with van der Waals surface area (Å²) in [7, 11) is 0. The van der Waals surface area contributed by atoms with E-state index in [-0.39, 0.29) is 11.8 Å². The van der Waals surface area contributed by atoms with Crippen molar-refractivity contribution in [3.05, 3.63) is 69.7 Å². The van der Waals surface area contributed by atoms with Crippen molar-refractivity contribution in [3.8, 4) is 0 Å². The summed E-state index contributed by atoms with van der Waals surface area (Å²) in [5.74, 6) is -0.300. The van der Waals surface area contributed by atoms with Crippen molar-refractivity contribution in [2.75, 3.05) is 6.54 Å². The molecule has 0 saturated carbocycles. The smallest absolute Gasteiger partial charge is 0.253 e. The van der Waals surface area contributed by atoms with Crippen LogP contribution < -0.4 is 5.32 Å². The number of benzene rings is 2. The van der Waals surface area contributed by atoms with E-state index in [1.54, 1.807) is 19.1 Å². The first-order valence-electron chi connectivity index (χ1n) is 7.97. The number of amides is 2. The molecule has 0 aromatic heterocycles. The first kappa shape index (κ1) is 16.7. The van der Waals surface area contributed by atoms with Crippen molar-refractivity contribution in [2.45, 2.75) is 25.9 Å². The molecule has 0 spiro atoms. The van der Waals surface area contributed by atoms with Gasteiger partial charge in [0.1, 0.15) is 6.04 Å². The third-order valence-electron chi connectivity index (χ3n) is 4.28.